The average molecular weight is 180 g/mol. The number of nitrogens with zero attached hydrogens (tertiary/aromatic N) is 1. The summed E-state index contributed by atoms with van der Waals surface area (Å²) in [6, 6.07) is 5.06. The normalized spacial score (nSPS) is 12.2. The Bertz CT molecular complexity index is 346. The average Bonchev–Trinajstić information content (AvgIpc) is 2.16. The molecule has 13 heavy (non-hydrogen) atoms. The summed E-state index contributed by atoms with van der Waals surface area (Å²) >= 11 is 0. The molecule has 1 aromatic rings. The molecular formula is C9H9FN2O. The molecule has 0 spiro atoms. The van der Waals surface area contributed by atoms with Crippen LogP contribution in [0.4, 0.5) is 4.39 Å². The molecule has 1 rings (SSSR count). The van der Waals surface area contributed by atoms with Crippen molar-refractivity contribution in [2.24, 2.45) is 5.73 Å². The zero-order valence-electron chi connectivity index (χ0n) is 6.87. The van der Waals surface area contributed by atoms with Crippen LogP contribution < -0.4 is 5.73 Å². The maximum absolute atomic E-state index is 13.1. The molecule has 0 aliphatic rings. The van der Waals surface area contributed by atoms with E-state index >= 15 is 0 Å². The van der Waals surface area contributed by atoms with Crippen molar-refractivity contribution in [3.8, 4) is 6.07 Å². The minimum atomic E-state index is -0.729. The molecule has 0 aromatic heterocycles. The molecular weight excluding hydrogens is 171 g/mol. The van der Waals surface area contributed by atoms with Crippen molar-refractivity contribution in [2.75, 3.05) is 6.61 Å². The fraction of sp³-hybridized carbons (Fsp3) is 0.222. The van der Waals surface area contributed by atoms with E-state index < -0.39 is 11.9 Å². The minimum absolute atomic E-state index is 0.224. The number of hydrogen-bond donors (Lipinski definition) is 2. The Hall–Kier alpha value is -1.44. The van der Waals surface area contributed by atoms with Crippen LogP contribution in [0.15, 0.2) is 18.2 Å². The molecule has 1 aromatic carbocycles. The maximum Gasteiger partial charge on any atom is 0.129 e. The largest absolute Gasteiger partial charge is 0.394 e. The summed E-state index contributed by atoms with van der Waals surface area (Å²) in [6.45, 7) is -0.317. The topological polar surface area (TPSA) is 70.0 Å². The van der Waals surface area contributed by atoms with Crippen molar-refractivity contribution in [1.82, 2.24) is 0 Å². The molecule has 1 unspecified atom stereocenters. The Morgan fingerprint density at radius 1 is 1.62 bits per heavy atom. The number of aliphatic hydroxyl groups is 1. The third kappa shape index (κ3) is 2.02. The van der Waals surface area contributed by atoms with Crippen molar-refractivity contribution in [1.29, 1.82) is 5.26 Å². The van der Waals surface area contributed by atoms with Crippen LogP contribution in [-0.2, 0) is 0 Å². The van der Waals surface area contributed by atoms with Gasteiger partial charge in [0.2, 0.25) is 0 Å². The highest BCUT2D eigenvalue weighted by Crippen LogP contribution is 2.15. The van der Waals surface area contributed by atoms with Crippen molar-refractivity contribution in [3.05, 3.63) is 35.1 Å². The monoisotopic (exact) mass is 180 g/mol. The van der Waals surface area contributed by atoms with E-state index in [-0.39, 0.29) is 17.7 Å². The second kappa shape index (κ2) is 3.99. The second-order valence-corrected chi connectivity index (χ2v) is 2.64. The summed E-state index contributed by atoms with van der Waals surface area (Å²) in [5.41, 5.74) is 5.88. The smallest absolute Gasteiger partial charge is 0.129 e. The van der Waals surface area contributed by atoms with E-state index in [1.165, 1.54) is 12.1 Å². The van der Waals surface area contributed by atoms with Gasteiger partial charge >= 0.3 is 0 Å². The number of aliphatic hydroxyl groups excluding tert-OH is 1. The lowest BCUT2D eigenvalue weighted by Gasteiger charge is -2.08. The summed E-state index contributed by atoms with van der Waals surface area (Å²) in [5.74, 6) is -0.555. The molecule has 0 heterocycles. The van der Waals surface area contributed by atoms with E-state index in [1.807, 2.05) is 6.07 Å². The minimum Gasteiger partial charge on any atom is -0.394 e. The summed E-state index contributed by atoms with van der Waals surface area (Å²) in [5, 5.41) is 17.1. The predicted molar refractivity (Wildman–Crippen MR) is 45.1 cm³/mol. The van der Waals surface area contributed by atoms with Gasteiger partial charge in [0.15, 0.2) is 0 Å². The predicted octanol–water partition coefficient (Wildman–Crippen LogP) is 0.689. The lowest BCUT2D eigenvalue weighted by Crippen LogP contribution is -2.16. The van der Waals surface area contributed by atoms with E-state index in [1.54, 1.807) is 0 Å². The molecule has 0 saturated carbocycles. The Labute approximate surface area is 75.2 Å². The Morgan fingerprint density at radius 2 is 2.31 bits per heavy atom. The zero-order chi connectivity index (χ0) is 9.84. The molecule has 0 amide bonds. The zero-order valence-corrected chi connectivity index (χ0v) is 6.87. The first-order valence-electron chi connectivity index (χ1n) is 3.75. The molecule has 1 atom stereocenters. The molecule has 3 nitrogen and oxygen atoms in total. The molecule has 0 aliphatic heterocycles. The van der Waals surface area contributed by atoms with Gasteiger partial charge in [-0.25, -0.2) is 4.39 Å². The van der Waals surface area contributed by atoms with E-state index in [0.717, 1.165) is 6.07 Å². The SMILES string of the molecule is N#Cc1ccc(C(N)CO)c(F)c1. The van der Waals surface area contributed by atoms with Crippen LogP contribution >= 0.6 is 0 Å². The quantitative estimate of drug-likeness (QED) is 0.703. The van der Waals surface area contributed by atoms with Crippen LogP contribution in [0.3, 0.4) is 0 Å². The molecule has 0 aliphatic carbocycles. The summed E-state index contributed by atoms with van der Waals surface area (Å²) in [6.07, 6.45) is 0. The standard InChI is InChI=1S/C9H9FN2O/c10-8-3-6(4-11)1-2-7(8)9(12)5-13/h1-3,9,13H,5,12H2. The van der Waals surface area contributed by atoms with Crippen molar-refractivity contribution in [2.45, 2.75) is 6.04 Å². The van der Waals surface area contributed by atoms with Crippen LogP contribution in [0.25, 0.3) is 0 Å². The summed E-state index contributed by atoms with van der Waals surface area (Å²) in [7, 11) is 0. The van der Waals surface area contributed by atoms with Gasteiger partial charge in [0.05, 0.1) is 24.3 Å². The van der Waals surface area contributed by atoms with Crippen LogP contribution in [0.2, 0.25) is 0 Å². The molecule has 68 valence electrons. The molecule has 3 N–H and O–H groups in total. The highest BCUT2D eigenvalue weighted by Gasteiger charge is 2.10. The first-order valence-corrected chi connectivity index (χ1v) is 3.75. The Balaban J connectivity index is 3.07. The first-order chi connectivity index (χ1) is 6.19. The van der Waals surface area contributed by atoms with Gasteiger partial charge in [0.1, 0.15) is 5.82 Å². The Kier molecular flexibility index (Phi) is 2.96. The highest BCUT2D eigenvalue weighted by atomic mass is 19.1. The number of nitriles is 1. The van der Waals surface area contributed by atoms with E-state index in [2.05, 4.69) is 0 Å². The van der Waals surface area contributed by atoms with Crippen LogP contribution in [0.5, 0.6) is 0 Å². The fourth-order valence-electron chi connectivity index (χ4n) is 0.996. The lowest BCUT2D eigenvalue weighted by molar-refractivity contribution is 0.265. The van der Waals surface area contributed by atoms with Gasteiger partial charge in [-0.15, -0.1) is 0 Å². The highest BCUT2D eigenvalue weighted by molar-refractivity contribution is 5.34. The molecule has 0 fully saturated rings. The lowest BCUT2D eigenvalue weighted by atomic mass is 10.1. The van der Waals surface area contributed by atoms with Crippen LogP contribution in [-0.4, -0.2) is 11.7 Å². The third-order valence-electron chi connectivity index (χ3n) is 1.73. The number of rotatable bonds is 2. The van der Waals surface area contributed by atoms with Gasteiger partial charge in [-0.1, -0.05) is 6.07 Å². The number of benzene rings is 1. The Morgan fingerprint density at radius 3 is 2.77 bits per heavy atom. The van der Waals surface area contributed by atoms with Gasteiger partial charge in [0.25, 0.3) is 0 Å². The second-order valence-electron chi connectivity index (χ2n) is 2.64. The number of halogens is 1. The summed E-state index contributed by atoms with van der Waals surface area (Å²) < 4.78 is 13.1. The van der Waals surface area contributed by atoms with E-state index in [4.69, 9.17) is 16.1 Å². The van der Waals surface area contributed by atoms with E-state index in [9.17, 15) is 4.39 Å². The van der Waals surface area contributed by atoms with Gasteiger partial charge in [-0.05, 0) is 12.1 Å². The van der Waals surface area contributed by atoms with Gasteiger partial charge in [-0.2, -0.15) is 5.26 Å². The van der Waals surface area contributed by atoms with Gasteiger partial charge < -0.3 is 10.8 Å². The van der Waals surface area contributed by atoms with Crippen molar-refractivity contribution < 1.29 is 9.50 Å². The number of nitrogens with two attached hydrogens (primary N) is 1. The van der Waals surface area contributed by atoms with Crippen molar-refractivity contribution >= 4 is 0 Å². The third-order valence-corrected chi connectivity index (χ3v) is 1.73. The molecule has 0 saturated heterocycles. The van der Waals surface area contributed by atoms with Crippen LogP contribution in [0.1, 0.15) is 17.2 Å². The molecule has 4 heteroatoms. The molecule has 0 bridgehead atoms. The fourth-order valence-corrected chi connectivity index (χ4v) is 0.996. The van der Waals surface area contributed by atoms with Crippen molar-refractivity contribution in [3.63, 3.8) is 0 Å². The first kappa shape index (κ1) is 9.65. The molecule has 0 radical (unpaired) electrons. The van der Waals surface area contributed by atoms with E-state index in [0.29, 0.717) is 0 Å². The van der Waals surface area contributed by atoms with Gasteiger partial charge in [-0.3, -0.25) is 0 Å². The number of hydrogen-bond acceptors (Lipinski definition) is 3. The maximum atomic E-state index is 13.1. The van der Waals surface area contributed by atoms with Gasteiger partial charge in [0, 0.05) is 5.56 Å². The summed E-state index contributed by atoms with van der Waals surface area (Å²) in [4.78, 5) is 0. The van der Waals surface area contributed by atoms with Crippen LogP contribution in [0, 0.1) is 17.1 Å².